The summed E-state index contributed by atoms with van der Waals surface area (Å²) >= 11 is 3.49. The number of benzene rings is 1. The van der Waals surface area contributed by atoms with E-state index < -0.39 is 0 Å². The fraction of sp³-hybridized carbons (Fsp3) is 0.0909. The minimum Gasteiger partial charge on any atom is -0.324 e. The van der Waals surface area contributed by atoms with E-state index in [9.17, 15) is 0 Å². The van der Waals surface area contributed by atoms with Gasteiger partial charge in [-0.15, -0.1) is 12.4 Å². The first-order valence-electron chi connectivity index (χ1n) is 4.57. The summed E-state index contributed by atoms with van der Waals surface area (Å²) in [6, 6.07) is 7.97. The molecular formula is C11H11BrClN3. The van der Waals surface area contributed by atoms with Crippen LogP contribution in [0.3, 0.4) is 0 Å². The van der Waals surface area contributed by atoms with Crippen molar-refractivity contribution in [2.45, 2.75) is 6.54 Å². The number of nitrogens with zero attached hydrogens (tertiary/aromatic N) is 2. The van der Waals surface area contributed by atoms with Gasteiger partial charge in [-0.3, -0.25) is 0 Å². The number of hydrogen-bond donors (Lipinski definition) is 1. The molecule has 2 aromatic rings. The highest BCUT2D eigenvalue weighted by atomic mass is 79.9. The molecule has 0 aliphatic heterocycles. The Kier molecular flexibility index (Phi) is 4.86. The van der Waals surface area contributed by atoms with Crippen molar-refractivity contribution in [3.63, 3.8) is 0 Å². The molecule has 0 radical (unpaired) electrons. The molecule has 0 bridgehead atoms. The predicted octanol–water partition coefficient (Wildman–Crippen LogP) is 2.79. The predicted molar refractivity (Wildman–Crippen MR) is 70.3 cm³/mol. The first-order chi connectivity index (χ1) is 7.31. The molecular weight excluding hydrogens is 289 g/mol. The van der Waals surface area contributed by atoms with Crippen LogP contribution in [0, 0.1) is 0 Å². The van der Waals surface area contributed by atoms with E-state index in [-0.39, 0.29) is 12.4 Å². The molecule has 16 heavy (non-hydrogen) atoms. The molecule has 0 amide bonds. The van der Waals surface area contributed by atoms with Crippen molar-refractivity contribution in [2.75, 3.05) is 0 Å². The molecule has 3 nitrogen and oxygen atoms in total. The van der Waals surface area contributed by atoms with Crippen LogP contribution in [0.4, 0.5) is 0 Å². The summed E-state index contributed by atoms with van der Waals surface area (Å²) < 4.78 is 1.04. The molecule has 5 heteroatoms. The fourth-order valence-corrected chi connectivity index (χ4v) is 1.81. The highest BCUT2D eigenvalue weighted by Crippen LogP contribution is 2.26. The van der Waals surface area contributed by atoms with Crippen LogP contribution in [0.15, 0.2) is 41.1 Å². The van der Waals surface area contributed by atoms with E-state index in [1.54, 1.807) is 12.4 Å². The molecule has 0 atom stereocenters. The molecule has 0 saturated heterocycles. The third kappa shape index (κ3) is 2.78. The highest BCUT2D eigenvalue weighted by Gasteiger charge is 2.02. The van der Waals surface area contributed by atoms with E-state index in [0.29, 0.717) is 12.4 Å². The van der Waals surface area contributed by atoms with Crippen molar-refractivity contribution in [3.05, 3.63) is 47.0 Å². The molecule has 84 valence electrons. The molecule has 0 fully saturated rings. The van der Waals surface area contributed by atoms with E-state index >= 15 is 0 Å². The number of nitrogens with two attached hydrogens (primary N) is 1. The Bertz CT molecular complexity index is 459. The lowest BCUT2D eigenvalue weighted by molar-refractivity contribution is 0.910. The quantitative estimate of drug-likeness (QED) is 0.928. The summed E-state index contributed by atoms with van der Waals surface area (Å²) in [6.45, 7) is 0.371. The van der Waals surface area contributed by atoms with Crippen LogP contribution in [0.5, 0.6) is 0 Å². The SMILES string of the molecule is Cl.NCc1ncc(-c2ccccc2Br)cn1. The minimum atomic E-state index is 0. The van der Waals surface area contributed by atoms with Gasteiger partial charge in [-0.25, -0.2) is 9.97 Å². The van der Waals surface area contributed by atoms with Crippen LogP contribution in [0.2, 0.25) is 0 Å². The Morgan fingerprint density at radius 2 is 1.75 bits per heavy atom. The van der Waals surface area contributed by atoms with Gasteiger partial charge in [0.15, 0.2) is 0 Å². The second-order valence-corrected chi connectivity index (χ2v) is 3.93. The maximum absolute atomic E-state index is 5.43. The van der Waals surface area contributed by atoms with Crippen LogP contribution in [-0.4, -0.2) is 9.97 Å². The maximum atomic E-state index is 5.43. The lowest BCUT2D eigenvalue weighted by atomic mass is 10.1. The molecule has 0 aliphatic rings. The van der Waals surface area contributed by atoms with E-state index in [4.69, 9.17) is 5.73 Å². The van der Waals surface area contributed by atoms with E-state index in [1.165, 1.54) is 0 Å². The van der Waals surface area contributed by atoms with Crippen molar-refractivity contribution in [3.8, 4) is 11.1 Å². The minimum absolute atomic E-state index is 0. The molecule has 0 aliphatic carbocycles. The van der Waals surface area contributed by atoms with Crippen LogP contribution in [0.1, 0.15) is 5.82 Å². The normalized spacial score (nSPS) is 9.62. The van der Waals surface area contributed by atoms with E-state index in [1.807, 2.05) is 24.3 Å². The average Bonchev–Trinajstić information content (AvgIpc) is 2.30. The number of aromatic nitrogens is 2. The standard InChI is InChI=1S/C11H10BrN3.ClH/c12-10-4-2-1-3-9(10)8-6-14-11(5-13)15-7-8;/h1-4,6-7H,5,13H2;1H. The number of halogens is 2. The summed E-state index contributed by atoms with van der Waals surface area (Å²) in [5, 5.41) is 0. The second-order valence-electron chi connectivity index (χ2n) is 3.07. The van der Waals surface area contributed by atoms with Crippen molar-refractivity contribution in [2.24, 2.45) is 5.73 Å². The van der Waals surface area contributed by atoms with Gasteiger partial charge in [-0.05, 0) is 11.6 Å². The summed E-state index contributed by atoms with van der Waals surface area (Å²) in [5.74, 6) is 0.658. The number of rotatable bonds is 2. The van der Waals surface area contributed by atoms with Gasteiger partial charge < -0.3 is 5.73 Å². The zero-order valence-corrected chi connectivity index (χ0v) is 10.8. The maximum Gasteiger partial charge on any atom is 0.141 e. The van der Waals surface area contributed by atoms with Crippen molar-refractivity contribution in [1.29, 1.82) is 0 Å². The van der Waals surface area contributed by atoms with Gasteiger partial charge in [0.25, 0.3) is 0 Å². The molecule has 2 N–H and O–H groups in total. The molecule has 0 unspecified atom stereocenters. The van der Waals surface area contributed by atoms with Gasteiger partial charge in [0.2, 0.25) is 0 Å². The summed E-state index contributed by atoms with van der Waals surface area (Å²) in [6.07, 6.45) is 3.57. The van der Waals surface area contributed by atoms with Crippen molar-refractivity contribution < 1.29 is 0 Å². The zero-order chi connectivity index (χ0) is 10.7. The van der Waals surface area contributed by atoms with Crippen LogP contribution < -0.4 is 5.73 Å². The lowest BCUT2D eigenvalue weighted by Crippen LogP contribution is -2.02. The van der Waals surface area contributed by atoms with Crippen molar-refractivity contribution in [1.82, 2.24) is 9.97 Å². The first kappa shape index (κ1) is 13.1. The summed E-state index contributed by atoms with van der Waals surface area (Å²) in [5.41, 5.74) is 7.50. The molecule has 1 heterocycles. The van der Waals surface area contributed by atoms with Gasteiger partial charge in [0, 0.05) is 22.4 Å². The molecule has 1 aromatic carbocycles. The third-order valence-electron chi connectivity index (χ3n) is 2.07. The first-order valence-corrected chi connectivity index (χ1v) is 5.36. The summed E-state index contributed by atoms with van der Waals surface area (Å²) in [7, 11) is 0. The Labute approximate surface area is 109 Å². The lowest BCUT2D eigenvalue weighted by Gasteiger charge is -2.03. The van der Waals surface area contributed by atoms with E-state index in [2.05, 4.69) is 25.9 Å². The van der Waals surface area contributed by atoms with Gasteiger partial charge in [0.1, 0.15) is 5.82 Å². The van der Waals surface area contributed by atoms with Crippen LogP contribution in [-0.2, 0) is 6.54 Å². The van der Waals surface area contributed by atoms with Gasteiger partial charge in [0.05, 0.1) is 6.54 Å². The number of hydrogen-bond acceptors (Lipinski definition) is 3. The topological polar surface area (TPSA) is 51.8 Å². The molecule has 0 saturated carbocycles. The van der Waals surface area contributed by atoms with Crippen LogP contribution >= 0.6 is 28.3 Å². The second kappa shape index (κ2) is 5.94. The highest BCUT2D eigenvalue weighted by molar-refractivity contribution is 9.10. The molecule has 2 rings (SSSR count). The average molecular weight is 301 g/mol. The smallest absolute Gasteiger partial charge is 0.141 e. The Balaban J connectivity index is 0.00000128. The molecule has 0 spiro atoms. The monoisotopic (exact) mass is 299 g/mol. The van der Waals surface area contributed by atoms with Gasteiger partial charge in [-0.2, -0.15) is 0 Å². The Morgan fingerprint density at radius 1 is 1.12 bits per heavy atom. The third-order valence-corrected chi connectivity index (χ3v) is 2.76. The Hall–Kier alpha value is -0.970. The largest absolute Gasteiger partial charge is 0.324 e. The fourth-order valence-electron chi connectivity index (χ4n) is 1.29. The van der Waals surface area contributed by atoms with Gasteiger partial charge >= 0.3 is 0 Å². The summed E-state index contributed by atoms with van der Waals surface area (Å²) in [4.78, 5) is 8.32. The van der Waals surface area contributed by atoms with Gasteiger partial charge in [-0.1, -0.05) is 34.1 Å². The molecule has 1 aromatic heterocycles. The zero-order valence-electron chi connectivity index (χ0n) is 8.43. The van der Waals surface area contributed by atoms with Crippen LogP contribution in [0.25, 0.3) is 11.1 Å². The Morgan fingerprint density at radius 3 is 2.31 bits per heavy atom. The van der Waals surface area contributed by atoms with Crippen molar-refractivity contribution >= 4 is 28.3 Å². The van der Waals surface area contributed by atoms with E-state index in [0.717, 1.165) is 15.6 Å².